The molecule has 0 radical (unpaired) electrons. The molecule has 0 aromatic rings. The first-order chi connectivity index (χ1) is 7.22. The standard InChI is InChI=1S/C13H25NO2/c1-8(2)9-6-7-10(11(9)14)12(15)16-13(3,4)5/h8-11H,6-7,14H2,1-5H3/t9-,10-,11-/m0/s1. The number of hydrogen-bond donors (Lipinski definition) is 1. The van der Waals surface area contributed by atoms with E-state index in [1.165, 1.54) is 0 Å². The lowest BCUT2D eigenvalue weighted by Gasteiger charge is -2.26. The Hall–Kier alpha value is -0.570. The molecular formula is C13H25NO2. The molecule has 1 fully saturated rings. The predicted octanol–water partition coefficient (Wildman–Crippen LogP) is 2.34. The number of carbonyl (C=O) groups excluding carboxylic acids is 1. The molecule has 0 aromatic heterocycles. The summed E-state index contributed by atoms with van der Waals surface area (Å²) in [5, 5.41) is 0. The van der Waals surface area contributed by atoms with Crippen LogP contribution in [0.2, 0.25) is 0 Å². The molecule has 1 aliphatic carbocycles. The van der Waals surface area contributed by atoms with E-state index in [1.807, 2.05) is 20.8 Å². The summed E-state index contributed by atoms with van der Waals surface area (Å²) < 4.78 is 5.40. The van der Waals surface area contributed by atoms with Gasteiger partial charge in [0.05, 0.1) is 5.92 Å². The van der Waals surface area contributed by atoms with Gasteiger partial charge in [-0.25, -0.2) is 0 Å². The summed E-state index contributed by atoms with van der Waals surface area (Å²) in [7, 11) is 0. The number of ether oxygens (including phenoxy) is 1. The minimum absolute atomic E-state index is 0.0325. The van der Waals surface area contributed by atoms with Gasteiger partial charge in [0.25, 0.3) is 0 Å². The van der Waals surface area contributed by atoms with E-state index in [-0.39, 0.29) is 17.9 Å². The van der Waals surface area contributed by atoms with Gasteiger partial charge in [-0.2, -0.15) is 0 Å². The maximum absolute atomic E-state index is 11.9. The molecule has 0 spiro atoms. The first-order valence-electron chi connectivity index (χ1n) is 6.21. The fourth-order valence-electron chi connectivity index (χ4n) is 2.49. The Labute approximate surface area is 98.7 Å². The second kappa shape index (κ2) is 4.74. The Balaban J connectivity index is 2.60. The number of esters is 1. The maximum atomic E-state index is 11.9. The van der Waals surface area contributed by atoms with Crippen LogP contribution in [0, 0.1) is 17.8 Å². The first kappa shape index (κ1) is 13.5. The Morgan fingerprint density at radius 2 is 1.88 bits per heavy atom. The molecule has 16 heavy (non-hydrogen) atoms. The van der Waals surface area contributed by atoms with Gasteiger partial charge in [-0.3, -0.25) is 4.79 Å². The highest BCUT2D eigenvalue weighted by atomic mass is 16.6. The van der Waals surface area contributed by atoms with Gasteiger partial charge in [-0.05, 0) is 45.4 Å². The maximum Gasteiger partial charge on any atom is 0.311 e. The van der Waals surface area contributed by atoms with Crippen LogP contribution in [0.1, 0.15) is 47.5 Å². The van der Waals surface area contributed by atoms with Gasteiger partial charge in [0.2, 0.25) is 0 Å². The van der Waals surface area contributed by atoms with Crippen LogP contribution in [0.3, 0.4) is 0 Å². The topological polar surface area (TPSA) is 52.3 Å². The number of rotatable bonds is 2. The predicted molar refractivity (Wildman–Crippen MR) is 64.9 cm³/mol. The van der Waals surface area contributed by atoms with Gasteiger partial charge in [0.1, 0.15) is 5.60 Å². The van der Waals surface area contributed by atoms with Crippen LogP contribution in [0.15, 0.2) is 0 Å². The summed E-state index contributed by atoms with van der Waals surface area (Å²) in [5.41, 5.74) is 5.73. The van der Waals surface area contributed by atoms with E-state index in [9.17, 15) is 4.79 Å². The van der Waals surface area contributed by atoms with Gasteiger partial charge in [-0.15, -0.1) is 0 Å². The molecule has 0 aromatic carbocycles. The van der Waals surface area contributed by atoms with Crippen molar-refractivity contribution in [3.63, 3.8) is 0 Å². The van der Waals surface area contributed by atoms with Crippen molar-refractivity contribution in [3.05, 3.63) is 0 Å². The average molecular weight is 227 g/mol. The number of nitrogens with two attached hydrogens (primary N) is 1. The molecule has 3 nitrogen and oxygen atoms in total. The third-order valence-corrected chi connectivity index (χ3v) is 3.34. The van der Waals surface area contributed by atoms with E-state index < -0.39 is 5.60 Å². The first-order valence-corrected chi connectivity index (χ1v) is 6.21. The zero-order chi connectivity index (χ0) is 12.5. The summed E-state index contributed by atoms with van der Waals surface area (Å²) >= 11 is 0. The molecule has 94 valence electrons. The Morgan fingerprint density at radius 3 is 2.25 bits per heavy atom. The van der Waals surface area contributed by atoms with Crippen LogP contribution in [0.4, 0.5) is 0 Å². The molecule has 0 bridgehead atoms. The normalized spacial score (nSPS) is 30.8. The summed E-state index contributed by atoms with van der Waals surface area (Å²) in [5.74, 6) is 0.773. The molecule has 0 heterocycles. The SMILES string of the molecule is CC(C)[C@@H]1CC[C@H](C(=O)OC(C)(C)C)[C@H]1N. The Morgan fingerprint density at radius 1 is 1.31 bits per heavy atom. The third-order valence-electron chi connectivity index (χ3n) is 3.34. The van der Waals surface area contributed by atoms with Crippen molar-refractivity contribution in [2.75, 3.05) is 0 Å². The minimum Gasteiger partial charge on any atom is -0.460 e. The number of carbonyl (C=O) groups is 1. The molecule has 0 saturated heterocycles. The van der Waals surface area contributed by atoms with Gasteiger partial charge >= 0.3 is 5.97 Å². The van der Waals surface area contributed by atoms with Crippen molar-refractivity contribution in [1.29, 1.82) is 0 Å². The quantitative estimate of drug-likeness (QED) is 0.737. The minimum atomic E-state index is -0.410. The molecule has 1 saturated carbocycles. The summed E-state index contributed by atoms with van der Waals surface area (Å²) in [6.07, 6.45) is 1.92. The van der Waals surface area contributed by atoms with Gasteiger partial charge < -0.3 is 10.5 Å². The Bertz CT molecular complexity index is 255. The smallest absolute Gasteiger partial charge is 0.311 e. The van der Waals surface area contributed by atoms with Gasteiger partial charge in [0, 0.05) is 6.04 Å². The number of hydrogen-bond acceptors (Lipinski definition) is 3. The monoisotopic (exact) mass is 227 g/mol. The highest BCUT2D eigenvalue weighted by molar-refractivity contribution is 5.74. The Kier molecular flexibility index (Phi) is 4.00. The van der Waals surface area contributed by atoms with E-state index in [4.69, 9.17) is 10.5 Å². The van der Waals surface area contributed by atoms with Crippen molar-refractivity contribution >= 4 is 5.97 Å². The zero-order valence-electron chi connectivity index (χ0n) is 11.1. The second-order valence-electron chi connectivity index (χ2n) is 6.20. The molecule has 0 unspecified atom stereocenters. The highest BCUT2D eigenvalue weighted by Crippen LogP contribution is 2.36. The van der Waals surface area contributed by atoms with Crippen LogP contribution < -0.4 is 5.73 Å². The van der Waals surface area contributed by atoms with Crippen LogP contribution in [-0.4, -0.2) is 17.6 Å². The molecule has 2 N–H and O–H groups in total. The molecular weight excluding hydrogens is 202 g/mol. The lowest BCUT2D eigenvalue weighted by Crippen LogP contribution is -2.40. The van der Waals surface area contributed by atoms with Crippen LogP contribution in [-0.2, 0) is 9.53 Å². The summed E-state index contributed by atoms with van der Waals surface area (Å²) in [6, 6.07) is -0.0325. The fourth-order valence-corrected chi connectivity index (χ4v) is 2.49. The molecule has 0 amide bonds. The van der Waals surface area contributed by atoms with Crippen molar-refractivity contribution in [1.82, 2.24) is 0 Å². The summed E-state index contributed by atoms with van der Waals surface area (Å²) in [6.45, 7) is 10.0. The molecule has 1 aliphatic rings. The molecule has 3 heteroatoms. The van der Waals surface area contributed by atoms with Crippen molar-refractivity contribution in [2.24, 2.45) is 23.5 Å². The summed E-state index contributed by atoms with van der Waals surface area (Å²) in [4.78, 5) is 11.9. The van der Waals surface area contributed by atoms with Gasteiger partial charge in [0.15, 0.2) is 0 Å². The fraction of sp³-hybridized carbons (Fsp3) is 0.923. The van der Waals surface area contributed by atoms with Crippen LogP contribution in [0.5, 0.6) is 0 Å². The highest BCUT2D eigenvalue weighted by Gasteiger charge is 2.40. The molecule has 0 aliphatic heterocycles. The lowest BCUT2D eigenvalue weighted by atomic mass is 9.89. The van der Waals surface area contributed by atoms with E-state index in [0.717, 1.165) is 12.8 Å². The van der Waals surface area contributed by atoms with Gasteiger partial charge in [-0.1, -0.05) is 13.8 Å². The molecule has 1 rings (SSSR count). The molecule has 3 atom stereocenters. The van der Waals surface area contributed by atoms with Crippen LogP contribution in [0.25, 0.3) is 0 Å². The van der Waals surface area contributed by atoms with E-state index in [0.29, 0.717) is 11.8 Å². The lowest BCUT2D eigenvalue weighted by molar-refractivity contribution is -0.160. The largest absolute Gasteiger partial charge is 0.460 e. The van der Waals surface area contributed by atoms with E-state index in [2.05, 4.69) is 13.8 Å². The zero-order valence-corrected chi connectivity index (χ0v) is 11.1. The average Bonchev–Trinajstić information content (AvgIpc) is 2.43. The van der Waals surface area contributed by atoms with Crippen LogP contribution >= 0.6 is 0 Å². The van der Waals surface area contributed by atoms with E-state index in [1.54, 1.807) is 0 Å². The van der Waals surface area contributed by atoms with E-state index >= 15 is 0 Å². The third kappa shape index (κ3) is 3.21. The van der Waals surface area contributed by atoms with Crippen molar-refractivity contribution in [2.45, 2.75) is 59.1 Å². The van der Waals surface area contributed by atoms with Crippen molar-refractivity contribution in [3.8, 4) is 0 Å². The van der Waals surface area contributed by atoms with Crippen molar-refractivity contribution < 1.29 is 9.53 Å². The second-order valence-corrected chi connectivity index (χ2v) is 6.20.